The predicted octanol–water partition coefficient (Wildman–Crippen LogP) is 1.53. The number of hydrogen-bond acceptors (Lipinski definition) is 5. The van der Waals surface area contributed by atoms with Crippen LogP contribution in [-0.4, -0.2) is 28.5 Å². The van der Waals surface area contributed by atoms with Crippen molar-refractivity contribution in [2.75, 3.05) is 12.0 Å². The van der Waals surface area contributed by atoms with Crippen LogP contribution in [-0.2, 0) is 4.79 Å². The first-order valence-corrected chi connectivity index (χ1v) is 5.49. The number of hydrogen-bond donors (Lipinski definition) is 1. The molecule has 0 saturated carbocycles. The van der Waals surface area contributed by atoms with Crippen molar-refractivity contribution in [2.24, 2.45) is 0 Å². The van der Waals surface area contributed by atoms with Crippen LogP contribution in [0.5, 0.6) is 5.75 Å². The molecule has 16 heavy (non-hydrogen) atoms. The average molecular weight is 238 g/mol. The molecular weight excluding hydrogens is 228 g/mol. The molecule has 1 atom stereocenters. The normalized spacial score (nSPS) is 18.8. The molecule has 84 valence electrons. The number of ether oxygens (including phenoxy) is 1. The second-order valence-corrected chi connectivity index (χ2v) is 4.06. The molecule has 5 nitrogen and oxygen atoms in total. The fraction of sp³-hybridized carbons (Fsp3) is 0.200. The third-order valence-electron chi connectivity index (χ3n) is 2.15. The fourth-order valence-corrected chi connectivity index (χ4v) is 2.22. The number of pyridine rings is 1. The Hall–Kier alpha value is -1.69. The first kappa shape index (κ1) is 10.8. The van der Waals surface area contributed by atoms with Crippen LogP contribution in [0.25, 0.3) is 0 Å². The Bertz CT molecular complexity index is 436. The second-order valence-electron chi connectivity index (χ2n) is 3.07. The highest BCUT2D eigenvalue weighted by Gasteiger charge is 2.29. The van der Waals surface area contributed by atoms with Crippen molar-refractivity contribution < 1.29 is 14.6 Å². The average Bonchev–Trinajstić information content (AvgIpc) is 2.77. The van der Waals surface area contributed by atoms with Gasteiger partial charge in [-0.2, -0.15) is 0 Å². The Morgan fingerprint density at radius 1 is 1.69 bits per heavy atom. The van der Waals surface area contributed by atoms with Crippen LogP contribution >= 0.6 is 11.8 Å². The van der Waals surface area contributed by atoms with E-state index < -0.39 is 11.3 Å². The molecule has 1 aliphatic rings. The summed E-state index contributed by atoms with van der Waals surface area (Å²) in [6.07, 6.45) is 4.90. The molecule has 0 fully saturated rings. The van der Waals surface area contributed by atoms with Gasteiger partial charge in [-0.1, -0.05) is 11.8 Å². The van der Waals surface area contributed by atoms with Crippen LogP contribution in [0.3, 0.4) is 0 Å². The number of thioether (sulfide) groups is 1. The molecule has 0 saturated heterocycles. The molecule has 0 amide bonds. The summed E-state index contributed by atoms with van der Waals surface area (Å²) in [7, 11) is 1.54. The van der Waals surface area contributed by atoms with E-state index in [1.165, 1.54) is 11.8 Å². The molecule has 6 heteroatoms. The van der Waals surface area contributed by atoms with E-state index in [-0.39, 0.29) is 0 Å². The van der Waals surface area contributed by atoms with Gasteiger partial charge in [0.2, 0.25) is 0 Å². The summed E-state index contributed by atoms with van der Waals surface area (Å²) in [5, 5.41) is 10.1. The van der Waals surface area contributed by atoms with E-state index in [9.17, 15) is 4.79 Å². The van der Waals surface area contributed by atoms with E-state index in [1.807, 2.05) is 0 Å². The smallest absolute Gasteiger partial charge is 0.337 e. The van der Waals surface area contributed by atoms with Gasteiger partial charge < -0.3 is 14.7 Å². The molecule has 1 N–H and O–H groups in total. The zero-order valence-electron chi connectivity index (χ0n) is 8.53. The third kappa shape index (κ3) is 1.83. The van der Waals surface area contributed by atoms with Crippen molar-refractivity contribution in [1.82, 2.24) is 4.98 Å². The highest BCUT2D eigenvalue weighted by Crippen LogP contribution is 2.35. The SMILES string of the molecule is COc1ccncc1N1C=CSC1C(=O)O. The standard InChI is InChI=1S/C10H10N2O3S/c1-15-8-2-3-11-6-7(8)12-4-5-16-9(12)10(13)14/h2-6,9H,1H3,(H,13,14). The van der Waals surface area contributed by atoms with Crippen molar-refractivity contribution in [2.45, 2.75) is 5.37 Å². The molecule has 1 aliphatic heterocycles. The summed E-state index contributed by atoms with van der Waals surface area (Å²) in [6.45, 7) is 0. The number of aliphatic carboxylic acids is 1. The molecule has 2 rings (SSSR count). The molecular formula is C10H10N2O3S. The van der Waals surface area contributed by atoms with Crippen LogP contribution in [0.1, 0.15) is 0 Å². The Balaban J connectivity index is 2.36. The van der Waals surface area contributed by atoms with Crippen molar-refractivity contribution in [3.8, 4) is 5.75 Å². The molecule has 0 spiro atoms. The van der Waals surface area contributed by atoms with E-state index in [0.29, 0.717) is 11.4 Å². The number of methoxy groups -OCH3 is 1. The van der Waals surface area contributed by atoms with E-state index >= 15 is 0 Å². The topological polar surface area (TPSA) is 62.7 Å². The summed E-state index contributed by atoms with van der Waals surface area (Å²) in [6, 6.07) is 1.70. The highest BCUT2D eigenvalue weighted by atomic mass is 32.2. The Morgan fingerprint density at radius 2 is 2.50 bits per heavy atom. The maximum atomic E-state index is 11.0. The second kappa shape index (κ2) is 4.44. The minimum Gasteiger partial charge on any atom is -0.494 e. The lowest BCUT2D eigenvalue weighted by Crippen LogP contribution is -2.32. The molecule has 0 bridgehead atoms. The predicted molar refractivity (Wildman–Crippen MR) is 61.4 cm³/mol. The lowest BCUT2D eigenvalue weighted by Gasteiger charge is -2.22. The lowest BCUT2D eigenvalue weighted by molar-refractivity contribution is -0.136. The van der Waals surface area contributed by atoms with Crippen molar-refractivity contribution >= 4 is 23.4 Å². The van der Waals surface area contributed by atoms with Gasteiger partial charge in [-0.15, -0.1) is 0 Å². The quantitative estimate of drug-likeness (QED) is 0.861. The highest BCUT2D eigenvalue weighted by molar-refractivity contribution is 8.03. The summed E-state index contributed by atoms with van der Waals surface area (Å²) >= 11 is 1.24. The monoisotopic (exact) mass is 238 g/mol. The van der Waals surface area contributed by atoms with Gasteiger partial charge in [-0.3, -0.25) is 4.98 Å². The van der Waals surface area contributed by atoms with Gasteiger partial charge in [-0.25, -0.2) is 4.79 Å². The number of rotatable bonds is 3. The van der Waals surface area contributed by atoms with E-state index in [0.717, 1.165) is 0 Å². The van der Waals surface area contributed by atoms with Crippen LogP contribution in [0.15, 0.2) is 30.1 Å². The van der Waals surface area contributed by atoms with Crippen molar-refractivity contribution in [1.29, 1.82) is 0 Å². The van der Waals surface area contributed by atoms with E-state index in [1.54, 1.807) is 42.1 Å². The fourth-order valence-electron chi connectivity index (χ4n) is 1.44. The largest absolute Gasteiger partial charge is 0.494 e. The summed E-state index contributed by atoms with van der Waals surface area (Å²) < 4.78 is 5.17. The lowest BCUT2D eigenvalue weighted by atomic mass is 10.3. The number of carbonyl (C=O) groups is 1. The number of carboxylic acid groups (broad SMARTS) is 1. The molecule has 0 aromatic carbocycles. The van der Waals surface area contributed by atoms with E-state index in [2.05, 4.69) is 4.98 Å². The number of nitrogens with zero attached hydrogens (tertiary/aromatic N) is 2. The molecule has 1 aromatic rings. The number of aromatic nitrogens is 1. The maximum absolute atomic E-state index is 11.0. The molecule has 1 unspecified atom stereocenters. The number of carboxylic acids is 1. The molecule has 1 aromatic heterocycles. The van der Waals surface area contributed by atoms with Gasteiger partial charge >= 0.3 is 5.97 Å². The van der Waals surface area contributed by atoms with Gasteiger partial charge in [0, 0.05) is 18.5 Å². The van der Waals surface area contributed by atoms with Crippen LogP contribution in [0, 0.1) is 0 Å². The minimum atomic E-state index is -0.888. The van der Waals surface area contributed by atoms with Crippen molar-refractivity contribution in [3.63, 3.8) is 0 Å². The maximum Gasteiger partial charge on any atom is 0.337 e. The molecule has 0 aliphatic carbocycles. The minimum absolute atomic E-state index is 0.605. The third-order valence-corrected chi connectivity index (χ3v) is 3.12. The van der Waals surface area contributed by atoms with Gasteiger partial charge in [0.1, 0.15) is 11.4 Å². The molecule has 2 heterocycles. The van der Waals surface area contributed by atoms with Gasteiger partial charge in [0.05, 0.1) is 13.3 Å². The first-order valence-electron chi connectivity index (χ1n) is 4.55. The van der Waals surface area contributed by atoms with Crippen molar-refractivity contribution in [3.05, 3.63) is 30.1 Å². The Labute approximate surface area is 96.7 Å². The first-order chi connectivity index (χ1) is 7.74. The van der Waals surface area contributed by atoms with Crippen LogP contribution < -0.4 is 9.64 Å². The zero-order chi connectivity index (χ0) is 11.5. The van der Waals surface area contributed by atoms with Crippen LogP contribution in [0.4, 0.5) is 5.69 Å². The number of anilines is 1. The summed E-state index contributed by atoms with van der Waals surface area (Å²) in [5.74, 6) is -0.283. The van der Waals surface area contributed by atoms with E-state index in [4.69, 9.17) is 9.84 Å². The summed E-state index contributed by atoms with van der Waals surface area (Å²) in [5.41, 5.74) is 0.652. The zero-order valence-corrected chi connectivity index (χ0v) is 9.35. The Kier molecular flexibility index (Phi) is 3.00. The molecule has 0 radical (unpaired) electrons. The van der Waals surface area contributed by atoms with Crippen LogP contribution in [0.2, 0.25) is 0 Å². The Morgan fingerprint density at radius 3 is 3.19 bits per heavy atom. The van der Waals surface area contributed by atoms with Gasteiger partial charge in [-0.05, 0) is 5.41 Å². The van der Waals surface area contributed by atoms with Gasteiger partial charge in [0.15, 0.2) is 5.37 Å². The summed E-state index contributed by atoms with van der Waals surface area (Å²) in [4.78, 5) is 16.6. The van der Waals surface area contributed by atoms with Gasteiger partial charge in [0.25, 0.3) is 0 Å².